The van der Waals surface area contributed by atoms with Crippen LogP contribution in [0.3, 0.4) is 0 Å². The molecule has 2 rings (SSSR count). The van der Waals surface area contributed by atoms with Crippen LogP contribution in [0.25, 0.3) is 0 Å². The van der Waals surface area contributed by atoms with Crippen LogP contribution in [-0.2, 0) is 9.59 Å². The van der Waals surface area contributed by atoms with Crippen LogP contribution in [0.4, 0.5) is 0 Å². The summed E-state index contributed by atoms with van der Waals surface area (Å²) in [6.45, 7) is 4.15. The van der Waals surface area contributed by atoms with Gasteiger partial charge in [-0.05, 0) is 24.6 Å². The van der Waals surface area contributed by atoms with Gasteiger partial charge in [0.2, 0.25) is 11.8 Å². The molecule has 0 unspecified atom stereocenters. The molecule has 1 aliphatic heterocycles. The summed E-state index contributed by atoms with van der Waals surface area (Å²) >= 11 is 13.4. The zero-order chi connectivity index (χ0) is 16.1. The molecule has 2 amide bonds. The predicted octanol–water partition coefficient (Wildman–Crippen LogP) is 3.17. The molecule has 0 aliphatic carbocycles. The van der Waals surface area contributed by atoms with Gasteiger partial charge in [0, 0.05) is 43.0 Å². The number of benzene rings is 1. The van der Waals surface area contributed by atoms with Crippen molar-refractivity contribution in [1.82, 2.24) is 9.80 Å². The largest absolute Gasteiger partial charge is 0.341 e. The number of amides is 2. The van der Waals surface area contributed by atoms with Gasteiger partial charge in [0.1, 0.15) is 0 Å². The van der Waals surface area contributed by atoms with Crippen molar-refractivity contribution in [1.29, 1.82) is 0 Å². The summed E-state index contributed by atoms with van der Waals surface area (Å²) in [6, 6.07) is 5.22. The second-order valence-corrected chi connectivity index (χ2v) is 6.96. The minimum atomic E-state index is 0.0615. The van der Waals surface area contributed by atoms with Crippen molar-refractivity contribution in [3.05, 3.63) is 28.2 Å². The third-order valence-corrected chi connectivity index (χ3v) is 5.26. The smallest absolute Gasteiger partial charge is 0.232 e. The molecule has 1 aliphatic rings. The van der Waals surface area contributed by atoms with Crippen LogP contribution >= 0.6 is 35.0 Å². The molecule has 0 bridgehead atoms. The fraction of sp³-hybridized carbons (Fsp3) is 0.467. The third-order valence-electron chi connectivity index (χ3n) is 3.54. The quantitative estimate of drug-likeness (QED) is 0.777. The first-order valence-electron chi connectivity index (χ1n) is 7.08. The van der Waals surface area contributed by atoms with Crippen LogP contribution in [0.2, 0.25) is 10.0 Å². The van der Waals surface area contributed by atoms with Crippen molar-refractivity contribution in [3.63, 3.8) is 0 Å². The summed E-state index contributed by atoms with van der Waals surface area (Å²) in [5.74, 6) is 0.445. The highest BCUT2D eigenvalue weighted by Crippen LogP contribution is 2.30. The van der Waals surface area contributed by atoms with Crippen molar-refractivity contribution in [3.8, 4) is 0 Å². The van der Waals surface area contributed by atoms with Crippen molar-refractivity contribution in [2.45, 2.75) is 18.2 Å². The fourth-order valence-electron chi connectivity index (χ4n) is 2.30. The average molecular weight is 361 g/mol. The first-order chi connectivity index (χ1) is 10.5. The van der Waals surface area contributed by atoms with E-state index in [4.69, 9.17) is 23.2 Å². The summed E-state index contributed by atoms with van der Waals surface area (Å²) in [4.78, 5) is 28.1. The van der Waals surface area contributed by atoms with E-state index in [2.05, 4.69) is 0 Å². The second kappa shape index (κ2) is 8.09. The van der Waals surface area contributed by atoms with Gasteiger partial charge in [-0.3, -0.25) is 9.59 Å². The summed E-state index contributed by atoms with van der Waals surface area (Å²) < 4.78 is 0. The van der Waals surface area contributed by atoms with Gasteiger partial charge >= 0.3 is 0 Å². The monoisotopic (exact) mass is 360 g/mol. The van der Waals surface area contributed by atoms with Gasteiger partial charge in [0.25, 0.3) is 0 Å². The molecular formula is C15H18Cl2N2O2S. The summed E-state index contributed by atoms with van der Waals surface area (Å²) in [5, 5.41) is 1.20. The molecule has 0 N–H and O–H groups in total. The standard InChI is InChI=1S/C15H18Cl2N2O2S/c1-11(20)18-5-2-6-19(8-7-18)15(21)10-22-14-9-12(16)3-4-13(14)17/h3-4,9H,2,5-8,10H2,1H3. The van der Waals surface area contributed by atoms with Gasteiger partial charge in [-0.25, -0.2) is 0 Å². The van der Waals surface area contributed by atoms with Crippen molar-refractivity contribution in [2.75, 3.05) is 31.9 Å². The van der Waals surface area contributed by atoms with Gasteiger partial charge in [-0.15, -0.1) is 11.8 Å². The van der Waals surface area contributed by atoms with E-state index in [9.17, 15) is 9.59 Å². The van der Waals surface area contributed by atoms with Gasteiger partial charge in [0.15, 0.2) is 0 Å². The summed E-state index contributed by atoms with van der Waals surface area (Å²) in [6.07, 6.45) is 0.813. The molecule has 22 heavy (non-hydrogen) atoms. The maximum absolute atomic E-state index is 12.3. The Morgan fingerprint density at radius 3 is 2.55 bits per heavy atom. The maximum Gasteiger partial charge on any atom is 0.232 e. The minimum Gasteiger partial charge on any atom is -0.341 e. The molecule has 0 spiro atoms. The lowest BCUT2D eigenvalue weighted by Gasteiger charge is -2.21. The topological polar surface area (TPSA) is 40.6 Å². The number of hydrogen-bond donors (Lipinski definition) is 0. The van der Waals surface area contributed by atoms with E-state index < -0.39 is 0 Å². The lowest BCUT2D eigenvalue weighted by atomic mass is 10.4. The average Bonchev–Trinajstić information content (AvgIpc) is 2.74. The molecular weight excluding hydrogens is 343 g/mol. The van der Waals surface area contributed by atoms with E-state index >= 15 is 0 Å². The molecule has 0 atom stereocenters. The number of thioether (sulfide) groups is 1. The first-order valence-corrected chi connectivity index (χ1v) is 8.82. The van der Waals surface area contributed by atoms with Crippen LogP contribution < -0.4 is 0 Å². The zero-order valence-electron chi connectivity index (χ0n) is 12.3. The Labute approximate surface area is 144 Å². The molecule has 7 heteroatoms. The predicted molar refractivity (Wildman–Crippen MR) is 90.6 cm³/mol. The van der Waals surface area contributed by atoms with E-state index in [1.165, 1.54) is 11.8 Å². The van der Waals surface area contributed by atoms with Gasteiger partial charge in [-0.2, -0.15) is 0 Å². The van der Waals surface area contributed by atoms with Crippen molar-refractivity contribution < 1.29 is 9.59 Å². The van der Waals surface area contributed by atoms with Crippen LogP contribution in [0.5, 0.6) is 0 Å². The normalized spacial score (nSPS) is 15.6. The molecule has 1 aromatic rings. The molecule has 1 saturated heterocycles. The minimum absolute atomic E-state index is 0.0615. The molecule has 1 fully saturated rings. The van der Waals surface area contributed by atoms with Gasteiger partial charge in [0.05, 0.1) is 10.8 Å². The Kier molecular flexibility index (Phi) is 6.41. The lowest BCUT2D eigenvalue weighted by Crippen LogP contribution is -2.37. The number of halogens is 2. The highest BCUT2D eigenvalue weighted by atomic mass is 35.5. The summed E-state index contributed by atoms with van der Waals surface area (Å²) in [7, 11) is 0. The number of rotatable bonds is 3. The SMILES string of the molecule is CC(=O)N1CCCN(C(=O)CSc2cc(Cl)ccc2Cl)CC1. The van der Waals surface area contributed by atoms with E-state index in [1.54, 1.807) is 30.0 Å². The highest BCUT2D eigenvalue weighted by molar-refractivity contribution is 8.00. The summed E-state index contributed by atoms with van der Waals surface area (Å²) in [5.41, 5.74) is 0. The number of carbonyl (C=O) groups is 2. The van der Waals surface area contributed by atoms with E-state index in [1.807, 2.05) is 4.90 Å². The lowest BCUT2D eigenvalue weighted by molar-refractivity contribution is -0.130. The highest BCUT2D eigenvalue weighted by Gasteiger charge is 2.20. The van der Waals surface area contributed by atoms with Gasteiger partial charge < -0.3 is 9.80 Å². The second-order valence-electron chi connectivity index (χ2n) is 5.10. The van der Waals surface area contributed by atoms with Gasteiger partial charge in [-0.1, -0.05) is 23.2 Å². The fourth-order valence-corrected chi connectivity index (χ4v) is 3.70. The van der Waals surface area contributed by atoms with Crippen molar-refractivity contribution in [2.24, 2.45) is 0 Å². The Hall–Kier alpha value is -0.910. The molecule has 0 radical (unpaired) electrons. The molecule has 0 aromatic heterocycles. The number of carbonyl (C=O) groups excluding carboxylic acids is 2. The van der Waals surface area contributed by atoms with Crippen LogP contribution in [-0.4, -0.2) is 53.5 Å². The Morgan fingerprint density at radius 2 is 1.82 bits per heavy atom. The van der Waals surface area contributed by atoms with Crippen LogP contribution in [0.15, 0.2) is 23.1 Å². The number of nitrogens with zero attached hydrogens (tertiary/aromatic N) is 2. The van der Waals surface area contributed by atoms with E-state index in [-0.39, 0.29) is 11.8 Å². The molecule has 0 saturated carbocycles. The Morgan fingerprint density at radius 1 is 1.14 bits per heavy atom. The Bertz CT molecular complexity index is 568. The molecule has 1 heterocycles. The first kappa shape index (κ1) is 17.4. The third kappa shape index (κ3) is 4.80. The Balaban J connectivity index is 1.89. The zero-order valence-corrected chi connectivity index (χ0v) is 14.7. The molecule has 1 aromatic carbocycles. The van der Waals surface area contributed by atoms with E-state index in [0.29, 0.717) is 42.0 Å². The maximum atomic E-state index is 12.3. The molecule has 4 nitrogen and oxygen atoms in total. The molecule has 120 valence electrons. The number of hydrogen-bond acceptors (Lipinski definition) is 3. The van der Waals surface area contributed by atoms with Crippen LogP contribution in [0.1, 0.15) is 13.3 Å². The van der Waals surface area contributed by atoms with Crippen molar-refractivity contribution >= 4 is 46.8 Å². The van der Waals surface area contributed by atoms with E-state index in [0.717, 1.165) is 11.3 Å². The van der Waals surface area contributed by atoms with Crippen LogP contribution in [0, 0.1) is 0 Å².